The molecule has 0 aliphatic carbocycles. The summed E-state index contributed by atoms with van der Waals surface area (Å²) in [5.41, 5.74) is 1.84. The van der Waals surface area contributed by atoms with Crippen molar-refractivity contribution in [2.45, 2.75) is 19.8 Å². The maximum Gasteiger partial charge on any atom is 0.247 e. The van der Waals surface area contributed by atoms with Gasteiger partial charge in [-0.25, -0.2) is 0 Å². The lowest BCUT2D eigenvalue weighted by Gasteiger charge is -2.11. The number of hydrogen-bond donors (Lipinski definition) is 1. The number of rotatable bonds is 3. The molecule has 0 spiro atoms. The Morgan fingerprint density at radius 3 is 2.93 bits per heavy atom. The molecule has 0 radical (unpaired) electrons. The van der Waals surface area contributed by atoms with Gasteiger partial charge in [0.2, 0.25) is 5.91 Å². The Balaban J connectivity index is 2.95. The van der Waals surface area contributed by atoms with Gasteiger partial charge in [-0.2, -0.15) is 0 Å². The Bertz CT molecular complexity index is 345. The van der Waals surface area contributed by atoms with E-state index in [1.54, 1.807) is 12.4 Å². The van der Waals surface area contributed by atoms with Gasteiger partial charge < -0.3 is 5.32 Å². The number of amides is 1. The van der Waals surface area contributed by atoms with Gasteiger partial charge in [0, 0.05) is 6.20 Å². The van der Waals surface area contributed by atoms with Crippen LogP contribution in [0.3, 0.4) is 0 Å². The van der Waals surface area contributed by atoms with E-state index in [4.69, 9.17) is 0 Å². The molecule has 0 saturated carbocycles. The summed E-state index contributed by atoms with van der Waals surface area (Å²) in [5, 5.41) is 2.72. The molecule has 0 fully saturated rings. The van der Waals surface area contributed by atoms with Crippen molar-refractivity contribution in [1.29, 1.82) is 0 Å². The van der Waals surface area contributed by atoms with Gasteiger partial charge in [-0.05, 0) is 23.6 Å². The normalized spacial score (nSPS) is 9.93. The van der Waals surface area contributed by atoms with Gasteiger partial charge in [0.25, 0.3) is 0 Å². The highest BCUT2D eigenvalue weighted by atomic mass is 16.1. The average molecular weight is 190 g/mol. The number of nitrogens with one attached hydrogen (secondary N) is 1. The standard InChI is InChI=1S/C11H14N2O/c1-4-11(14)13-10-7-12-6-5-9(10)8(2)3/h4-8H,1H2,2-3H3,(H,13,14). The Morgan fingerprint density at radius 2 is 2.36 bits per heavy atom. The first-order valence-corrected chi connectivity index (χ1v) is 4.52. The SMILES string of the molecule is C=CC(=O)Nc1cnccc1C(C)C. The van der Waals surface area contributed by atoms with Crippen molar-refractivity contribution in [3.05, 3.63) is 36.7 Å². The monoisotopic (exact) mass is 190 g/mol. The first-order valence-electron chi connectivity index (χ1n) is 4.52. The second-order valence-corrected chi connectivity index (χ2v) is 3.31. The molecule has 1 rings (SSSR count). The predicted molar refractivity (Wildman–Crippen MR) is 57.2 cm³/mol. The molecule has 0 aliphatic heterocycles. The molecule has 1 N–H and O–H groups in total. The number of hydrogen-bond acceptors (Lipinski definition) is 2. The molecule has 1 heterocycles. The van der Waals surface area contributed by atoms with E-state index in [0.717, 1.165) is 11.3 Å². The molecule has 1 amide bonds. The fourth-order valence-electron chi connectivity index (χ4n) is 1.20. The van der Waals surface area contributed by atoms with Gasteiger partial charge >= 0.3 is 0 Å². The lowest BCUT2D eigenvalue weighted by atomic mass is 10.0. The highest BCUT2D eigenvalue weighted by Crippen LogP contribution is 2.22. The van der Waals surface area contributed by atoms with Crippen LogP contribution in [0.25, 0.3) is 0 Å². The van der Waals surface area contributed by atoms with Crippen LogP contribution >= 0.6 is 0 Å². The predicted octanol–water partition coefficient (Wildman–Crippen LogP) is 2.33. The van der Waals surface area contributed by atoms with E-state index < -0.39 is 0 Å². The number of nitrogens with zero attached hydrogens (tertiary/aromatic N) is 1. The summed E-state index contributed by atoms with van der Waals surface area (Å²) in [5.74, 6) is 0.151. The minimum atomic E-state index is -0.208. The molecule has 0 saturated heterocycles. The highest BCUT2D eigenvalue weighted by molar-refractivity contribution is 5.99. The Morgan fingerprint density at radius 1 is 1.64 bits per heavy atom. The van der Waals surface area contributed by atoms with Crippen LogP contribution in [0.1, 0.15) is 25.3 Å². The van der Waals surface area contributed by atoms with Crippen LogP contribution in [0.15, 0.2) is 31.1 Å². The zero-order chi connectivity index (χ0) is 10.6. The molecule has 1 aromatic rings. The molecule has 0 aromatic carbocycles. The zero-order valence-corrected chi connectivity index (χ0v) is 8.45. The van der Waals surface area contributed by atoms with E-state index in [-0.39, 0.29) is 5.91 Å². The molecule has 1 aromatic heterocycles. The molecule has 14 heavy (non-hydrogen) atoms. The topological polar surface area (TPSA) is 42.0 Å². The van der Waals surface area contributed by atoms with Crippen LogP contribution in [0.4, 0.5) is 5.69 Å². The summed E-state index contributed by atoms with van der Waals surface area (Å²) in [7, 11) is 0. The van der Waals surface area contributed by atoms with Crippen LogP contribution in [0.2, 0.25) is 0 Å². The molecule has 3 heteroatoms. The van der Waals surface area contributed by atoms with Gasteiger partial charge in [-0.3, -0.25) is 9.78 Å². The van der Waals surface area contributed by atoms with Crippen LogP contribution < -0.4 is 5.32 Å². The maximum absolute atomic E-state index is 11.1. The summed E-state index contributed by atoms with van der Waals surface area (Å²) in [6.07, 6.45) is 4.62. The van der Waals surface area contributed by atoms with Gasteiger partial charge in [-0.1, -0.05) is 20.4 Å². The first kappa shape index (κ1) is 10.4. The van der Waals surface area contributed by atoms with Gasteiger partial charge in [0.15, 0.2) is 0 Å². The lowest BCUT2D eigenvalue weighted by Crippen LogP contribution is -2.10. The van der Waals surface area contributed by atoms with Crippen LogP contribution in [0.5, 0.6) is 0 Å². The molecular weight excluding hydrogens is 176 g/mol. The first-order chi connectivity index (χ1) is 6.65. The van der Waals surface area contributed by atoms with Crippen molar-refractivity contribution in [3.8, 4) is 0 Å². The quantitative estimate of drug-likeness (QED) is 0.743. The molecule has 74 valence electrons. The summed E-state index contributed by atoms with van der Waals surface area (Å²) < 4.78 is 0. The van der Waals surface area contributed by atoms with E-state index in [0.29, 0.717) is 5.92 Å². The summed E-state index contributed by atoms with van der Waals surface area (Å²) in [6.45, 7) is 7.54. The number of carbonyl (C=O) groups is 1. The third kappa shape index (κ3) is 2.42. The Hall–Kier alpha value is -1.64. The molecular formula is C11H14N2O. The number of aromatic nitrogens is 1. The van der Waals surface area contributed by atoms with E-state index in [2.05, 4.69) is 30.7 Å². The van der Waals surface area contributed by atoms with Crippen molar-refractivity contribution in [1.82, 2.24) is 4.98 Å². The minimum absolute atomic E-state index is 0.208. The van der Waals surface area contributed by atoms with Crippen LogP contribution in [-0.2, 0) is 4.79 Å². The summed E-state index contributed by atoms with van der Waals surface area (Å²) in [4.78, 5) is 15.1. The third-order valence-electron chi connectivity index (χ3n) is 1.92. The zero-order valence-electron chi connectivity index (χ0n) is 8.45. The lowest BCUT2D eigenvalue weighted by molar-refractivity contribution is -0.111. The second kappa shape index (κ2) is 4.56. The van der Waals surface area contributed by atoms with Gasteiger partial charge in [-0.15, -0.1) is 0 Å². The summed E-state index contributed by atoms with van der Waals surface area (Å²) in [6, 6.07) is 1.91. The van der Waals surface area contributed by atoms with Crippen molar-refractivity contribution in [2.75, 3.05) is 5.32 Å². The fraction of sp³-hybridized carbons (Fsp3) is 0.273. The van der Waals surface area contributed by atoms with Crippen molar-refractivity contribution < 1.29 is 4.79 Å². The summed E-state index contributed by atoms with van der Waals surface area (Å²) >= 11 is 0. The van der Waals surface area contributed by atoms with Crippen LogP contribution in [0, 0.1) is 0 Å². The van der Waals surface area contributed by atoms with E-state index in [1.807, 2.05) is 6.07 Å². The maximum atomic E-state index is 11.1. The number of carbonyl (C=O) groups excluding carboxylic acids is 1. The highest BCUT2D eigenvalue weighted by Gasteiger charge is 2.07. The second-order valence-electron chi connectivity index (χ2n) is 3.31. The number of anilines is 1. The van der Waals surface area contributed by atoms with Crippen molar-refractivity contribution in [3.63, 3.8) is 0 Å². The van der Waals surface area contributed by atoms with Gasteiger partial charge in [0.05, 0.1) is 11.9 Å². The molecule has 0 bridgehead atoms. The van der Waals surface area contributed by atoms with Crippen LogP contribution in [-0.4, -0.2) is 10.9 Å². The molecule has 0 aliphatic rings. The van der Waals surface area contributed by atoms with Crippen molar-refractivity contribution >= 4 is 11.6 Å². The van der Waals surface area contributed by atoms with E-state index >= 15 is 0 Å². The Labute approximate surface area is 83.9 Å². The fourth-order valence-corrected chi connectivity index (χ4v) is 1.20. The average Bonchev–Trinajstić information content (AvgIpc) is 2.18. The molecule has 3 nitrogen and oxygen atoms in total. The Kier molecular flexibility index (Phi) is 3.40. The largest absolute Gasteiger partial charge is 0.321 e. The smallest absolute Gasteiger partial charge is 0.247 e. The van der Waals surface area contributed by atoms with Gasteiger partial charge in [0.1, 0.15) is 0 Å². The molecule has 0 unspecified atom stereocenters. The minimum Gasteiger partial charge on any atom is -0.321 e. The van der Waals surface area contributed by atoms with Crippen molar-refractivity contribution in [2.24, 2.45) is 0 Å². The third-order valence-corrected chi connectivity index (χ3v) is 1.92. The number of pyridine rings is 1. The van der Waals surface area contributed by atoms with E-state index in [1.165, 1.54) is 6.08 Å². The van der Waals surface area contributed by atoms with E-state index in [9.17, 15) is 4.79 Å². The molecule has 0 atom stereocenters.